The van der Waals surface area contributed by atoms with E-state index in [0.29, 0.717) is 23.2 Å². The predicted molar refractivity (Wildman–Crippen MR) is 64.2 cm³/mol. The molecule has 1 heterocycles. The molecule has 1 aromatic carbocycles. The van der Waals surface area contributed by atoms with Gasteiger partial charge in [0, 0.05) is 17.5 Å². The molecule has 3 rings (SSSR count). The summed E-state index contributed by atoms with van der Waals surface area (Å²) in [4.78, 5) is 4.32. The lowest BCUT2D eigenvalue weighted by atomic mass is 10.1. The third-order valence-electron chi connectivity index (χ3n) is 3.42. The number of benzene rings is 1. The molecule has 1 atom stereocenters. The van der Waals surface area contributed by atoms with Crippen LogP contribution in [0.25, 0.3) is 11.5 Å². The van der Waals surface area contributed by atoms with Crippen molar-refractivity contribution in [1.82, 2.24) is 10.1 Å². The summed E-state index contributed by atoms with van der Waals surface area (Å²) < 4.78 is 5.17. The van der Waals surface area contributed by atoms with Gasteiger partial charge >= 0.3 is 0 Å². The van der Waals surface area contributed by atoms with E-state index in [9.17, 15) is 10.2 Å². The number of phenolic OH excluding ortho intramolecular Hbond substituents is 2. The van der Waals surface area contributed by atoms with Gasteiger partial charge in [0.25, 0.3) is 5.89 Å². The van der Waals surface area contributed by atoms with Crippen LogP contribution in [0.4, 0.5) is 0 Å². The fourth-order valence-corrected chi connectivity index (χ4v) is 2.12. The minimum absolute atomic E-state index is 0.0310. The van der Waals surface area contributed by atoms with Crippen molar-refractivity contribution in [3.8, 4) is 23.0 Å². The van der Waals surface area contributed by atoms with E-state index >= 15 is 0 Å². The molecule has 0 aliphatic heterocycles. The summed E-state index contributed by atoms with van der Waals surface area (Å²) in [7, 11) is 0. The molecular weight excluding hydrogens is 232 g/mol. The lowest BCUT2D eigenvalue weighted by Crippen LogP contribution is -1.91. The summed E-state index contributed by atoms with van der Waals surface area (Å²) >= 11 is 0. The zero-order valence-corrected chi connectivity index (χ0v) is 10.2. The number of phenols is 2. The van der Waals surface area contributed by atoms with Crippen LogP contribution in [0, 0.1) is 5.41 Å². The molecule has 0 radical (unpaired) electrons. The molecule has 1 aromatic heterocycles. The van der Waals surface area contributed by atoms with Crippen molar-refractivity contribution in [2.45, 2.75) is 26.2 Å². The van der Waals surface area contributed by atoms with Crippen LogP contribution < -0.4 is 0 Å². The SMILES string of the molecule is CC1(C)CC1c1noc(-c2cc(O)cc(O)c2)n1. The van der Waals surface area contributed by atoms with Crippen molar-refractivity contribution < 1.29 is 14.7 Å². The molecule has 0 bridgehead atoms. The van der Waals surface area contributed by atoms with Crippen LogP contribution in [-0.4, -0.2) is 20.4 Å². The third kappa shape index (κ3) is 1.81. The number of hydrogen-bond donors (Lipinski definition) is 2. The summed E-state index contributed by atoms with van der Waals surface area (Å²) in [6.07, 6.45) is 1.05. The molecule has 1 unspecified atom stereocenters. The highest BCUT2D eigenvalue weighted by Crippen LogP contribution is 2.57. The van der Waals surface area contributed by atoms with Crippen LogP contribution in [0.15, 0.2) is 22.7 Å². The molecule has 5 nitrogen and oxygen atoms in total. The Morgan fingerprint density at radius 3 is 2.39 bits per heavy atom. The van der Waals surface area contributed by atoms with Gasteiger partial charge in [-0.15, -0.1) is 0 Å². The van der Waals surface area contributed by atoms with Crippen molar-refractivity contribution in [3.63, 3.8) is 0 Å². The maximum Gasteiger partial charge on any atom is 0.258 e. The van der Waals surface area contributed by atoms with Crippen molar-refractivity contribution in [2.75, 3.05) is 0 Å². The standard InChI is InChI=1S/C13H14N2O3/c1-13(2)6-10(13)11-14-12(18-15-11)7-3-8(16)5-9(17)4-7/h3-5,10,16-17H,6H2,1-2H3. The van der Waals surface area contributed by atoms with Crippen molar-refractivity contribution >= 4 is 0 Å². The topological polar surface area (TPSA) is 79.4 Å². The highest BCUT2D eigenvalue weighted by molar-refractivity contribution is 5.58. The van der Waals surface area contributed by atoms with Gasteiger partial charge in [0.15, 0.2) is 5.82 Å². The highest BCUT2D eigenvalue weighted by Gasteiger charge is 2.49. The molecule has 2 aromatic rings. The lowest BCUT2D eigenvalue weighted by molar-refractivity contribution is 0.417. The molecule has 18 heavy (non-hydrogen) atoms. The van der Waals surface area contributed by atoms with Crippen LogP contribution in [0.5, 0.6) is 11.5 Å². The van der Waals surface area contributed by atoms with E-state index in [0.717, 1.165) is 6.42 Å². The second kappa shape index (κ2) is 3.48. The molecule has 0 saturated heterocycles. The Morgan fingerprint density at radius 2 is 1.83 bits per heavy atom. The minimum Gasteiger partial charge on any atom is -0.508 e. The van der Waals surface area contributed by atoms with E-state index in [1.54, 1.807) is 0 Å². The van der Waals surface area contributed by atoms with E-state index in [-0.39, 0.29) is 16.9 Å². The minimum atomic E-state index is -0.0310. The number of aromatic nitrogens is 2. The van der Waals surface area contributed by atoms with Crippen LogP contribution in [0.1, 0.15) is 32.0 Å². The Hall–Kier alpha value is -2.04. The third-order valence-corrected chi connectivity index (χ3v) is 3.42. The normalized spacial score (nSPS) is 20.9. The van der Waals surface area contributed by atoms with Crippen LogP contribution in [0.2, 0.25) is 0 Å². The second-order valence-electron chi connectivity index (χ2n) is 5.44. The van der Waals surface area contributed by atoms with E-state index in [1.165, 1.54) is 18.2 Å². The summed E-state index contributed by atoms with van der Waals surface area (Å²) in [5.74, 6) is 1.28. The monoisotopic (exact) mass is 246 g/mol. The Morgan fingerprint density at radius 1 is 1.22 bits per heavy atom. The first-order valence-corrected chi connectivity index (χ1v) is 5.83. The molecule has 0 amide bonds. The predicted octanol–water partition coefficient (Wildman–Crippen LogP) is 2.66. The quantitative estimate of drug-likeness (QED) is 0.851. The molecule has 1 fully saturated rings. The second-order valence-corrected chi connectivity index (χ2v) is 5.44. The number of aromatic hydroxyl groups is 2. The average Bonchev–Trinajstić information content (AvgIpc) is 2.75. The Labute approximate surface area is 104 Å². The molecule has 1 saturated carbocycles. The van der Waals surface area contributed by atoms with Gasteiger partial charge in [0.2, 0.25) is 0 Å². The molecular formula is C13H14N2O3. The molecule has 0 spiro atoms. The van der Waals surface area contributed by atoms with E-state index in [1.807, 2.05) is 0 Å². The fraction of sp³-hybridized carbons (Fsp3) is 0.385. The summed E-state index contributed by atoms with van der Waals surface area (Å²) in [5.41, 5.74) is 0.756. The Balaban J connectivity index is 1.93. The number of rotatable bonds is 2. The average molecular weight is 246 g/mol. The molecule has 2 N–H and O–H groups in total. The van der Waals surface area contributed by atoms with E-state index < -0.39 is 0 Å². The van der Waals surface area contributed by atoms with Gasteiger partial charge in [-0.25, -0.2) is 0 Å². The lowest BCUT2D eigenvalue weighted by Gasteiger charge is -1.98. The number of hydrogen-bond acceptors (Lipinski definition) is 5. The van der Waals surface area contributed by atoms with Crippen molar-refractivity contribution in [2.24, 2.45) is 5.41 Å². The molecule has 1 aliphatic rings. The zero-order valence-electron chi connectivity index (χ0n) is 10.2. The molecule has 5 heteroatoms. The largest absolute Gasteiger partial charge is 0.508 e. The van der Waals surface area contributed by atoms with Gasteiger partial charge in [-0.3, -0.25) is 0 Å². The van der Waals surface area contributed by atoms with Crippen molar-refractivity contribution in [1.29, 1.82) is 0 Å². The number of nitrogens with zero attached hydrogens (tertiary/aromatic N) is 2. The zero-order chi connectivity index (χ0) is 12.9. The van der Waals surface area contributed by atoms with Gasteiger partial charge in [-0.2, -0.15) is 4.98 Å². The summed E-state index contributed by atoms with van der Waals surface area (Å²) in [6, 6.07) is 4.22. The fourth-order valence-electron chi connectivity index (χ4n) is 2.12. The Kier molecular flexibility index (Phi) is 2.14. The van der Waals surface area contributed by atoms with Crippen LogP contribution >= 0.6 is 0 Å². The van der Waals surface area contributed by atoms with Gasteiger partial charge in [-0.1, -0.05) is 19.0 Å². The maximum absolute atomic E-state index is 9.42. The molecule has 94 valence electrons. The van der Waals surface area contributed by atoms with Gasteiger partial charge in [-0.05, 0) is 24.0 Å². The highest BCUT2D eigenvalue weighted by atomic mass is 16.5. The van der Waals surface area contributed by atoms with E-state index in [4.69, 9.17) is 4.52 Å². The van der Waals surface area contributed by atoms with Gasteiger partial charge in [0.1, 0.15) is 11.5 Å². The van der Waals surface area contributed by atoms with Gasteiger partial charge in [0.05, 0.1) is 0 Å². The summed E-state index contributed by atoms with van der Waals surface area (Å²) in [5, 5.41) is 22.8. The summed E-state index contributed by atoms with van der Waals surface area (Å²) in [6.45, 7) is 4.32. The van der Waals surface area contributed by atoms with Gasteiger partial charge < -0.3 is 14.7 Å². The first kappa shape index (κ1) is 11.1. The first-order valence-electron chi connectivity index (χ1n) is 5.83. The molecule has 1 aliphatic carbocycles. The van der Waals surface area contributed by atoms with Crippen molar-refractivity contribution in [3.05, 3.63) is 24.0 Å². The Bertz CT molecular complexity index is 584. The maximum atomic E-state index is 9.42. The van der Waals surface area contributed by atoms with Crippen LogP contribution in [-0.2, 0) is 0 Å². The first-order chi connectivity index (χ1) is 8.45. The van der Waals surface area contributed by atoms with E-state index in [2.05, 4.69) is 24.0 Å². The van der Waals surface area contributed by atoms with Crippen LogP contribution in [0.3, 0.4) is 0 Å². The smallest absolute Gasteiger partial charge is 0.258 e.